The third kappa shape index (κ3) is 6.73. The molecule has 0 saturated carbocycles. The Morgan fingerprint density at radius 3 is 2.31 bits per heavy atom. The molecule has 45 heavy (non-hydrogen) atoms. The number of carbonyl (C=O) groups is 2. The third-order valence-corrected chi connectivity index (χ3v) is 10.2. The van der Waals surface area contributed by atoms with Crippen LogP contribution in [-0.4, -0.2) is 47.8 Å². The van der Waals surface area contributed by atoms with Gasteiger partial charge < -0.3 is 10.2 Å². The molecule has 0 bridgehead atoms. The molecule has 0 radical (unpaired) electrons. The molecular formula is C35H34ClF3N4O2. The van der Waals surface area contributed by atoms with Crippen molar-refractivity contribution >= 4 is 23.4 Å². The summed E-state index contributed by atoms with van der Waals surface area (Å²) in [4.78, 5) is 31.0. The van der Waals surface area contributed by atoms with Gasteiger partial charge in [0.25, 0.3) is 11.8 Å². The molecule has 2 aliphatic heterocycles. The van der Waals surface area contributed by atoms with E-state index >= 15 is 0 Å². The van der Waals surface area contributed by atoms with Crippen LogP contribution < -0.4 is 5.32 Å². The van der Waals surface area contributed by atoms with E-state index in [0.717, 1.165) is 74.6 Å². The highest BCUT2D eigenvalue weighted by atomic mass is 35.5. The van der Waals surface area contributed by atoms with Gasteiger partial charge in [-0.05, 0) is 116 Å². The lowest BCUT2D eigenvalue weighted by Gasteiger charge is -2.47. The molecule has 2 saturated heterocycles. The summed E-state index contributed by atoms with van der Waals surface area (Å²) < 4.78 is 39.7. The van der Waals surface area contributed by atoms with Gasteiger partial charge in [-0.3, -0.25) is 14.5 Å². The number of rotatable bonds is 5. The second kappa shape index (κ2) is 12.5. The summed E-state index contributed by atoms with van der Waals surface area (Å²) in [6, 6.07) is 17.8. The fourth-order valence-corrected chi connectivity index (χ4v) is 7.20. The Bertz CT molecular complexity index is 1630. The maximum Gasteiger partial charge on any atom is 0.416 e. The highest BCUT2D eigenvalue weighted by Gasteiger charge is 2.39. The van der Waals surface area contributed by atoms with E-state index in [1.165, 1.54) is 5.56 Å². The largest absolute Gasteiger partial charge is 0.416 e. The van der Waals surface area contributed by atoms with Gasteiger partial charge in [0, 0.05) is 25.2 Å². The number of hydrogen-bond donors (Lipinski definition) is 1. The summed E-state index contributed by atoms with van der Waals surface area (Å²) in [5.74, 6) is -0.714. The lowest BCUT2D eigenvalue weighted by molar-refractivity contribution is -0.137. The van der Waals surface area contributed by atoms with Crippen molar-refractivity contribution in [2.45, 2.75) is 57.3 Å². The van der Waals surface area contributed by atoms with E-state index in [-0.39, 0.29) is 21.9 Å². The molecule has 10 heteroatoms. The summed E-state index contributed by atoms with van der Waals surface area (Å²) in [5.41, 5.74) is 3.35. The molecule has 2 heterocycles. The SMILES string of the molecule is N#Cc1ccc(CN2CCC3(CC2)CCN(C(=O)c2ccc4c(c2)C(NC(=O)c2cc(C(F)(F)F)ccc2Cl)CC4)CC3)cc1. The van der Waals surface area contributed by atoms with E-state index in [9.17, 15) is 22.8 Å². The molecule has 234 valence electrons. The van der Waals surface area contributed by atoms with Gasteiger partial charge in [0.1, 0.15) is 0 Å². The maximum absolute atomic E-state index is 13.6. The Kier molecular flexibility index (Phi) is 8.64. The zero-order chi connectivity index (χ0) is 31.8. The van der Waals surface area contributed by atoms with Crippen LogP contribution in [0.4, 0.5) is 13.2 Å². The molecule has 2 amide bonds. The summed E-state index contributed by atoms with van der Waals surface area (Å²) in [6.07, 6.45) is 0.815. The van der Waals surface area contributed by atoms with Crippen LogP contribution in [0.25, 0.3) is 0 Å². The first kappa shape index (κ1) is 31.1. The van der Waals surface area contributed by atoms with E-state index in [1.807, 2.05) is 47.4 Å². The molecule has 1 spiro atoms. The van der Waals surface area contributed by atoms with Crippen LogP contribution in [0.3, 0.4) is 0 Å². The third-order valence-electron chi connectivity index (χ3n) is 9.83. The van der Waals surface area contributed by atoms with Gasteiger partial charge in [-0.15, -0.1) is 0 Å². The lowest BCUT2D eigenvalue weighted by atomic mass is 9.71. The zero-order valence-electron chi connectivity index (χ0n) is 24.8. The van der Waals surface area contributed by atoms with Crippen molar-refractivity contribution in [1.82, 2.24) is 15.1 Å². The second-order valence-electron chi connectivity index (χ2n) is 12.5. The first-order chi connectivity index (χ1) is 21.5. The van der Waals surface area contributed by atoms with Crippen LogP contribution in [-0.2, 0) is 19.1 Å². The number of amides is 2. The first-order valence-corrected chi connectivity index (χ1v) is 15.7. The summed E-state index contributed by atoms with van der Waals surface area (Å²) >= 11 is 6.09. The number of aryl methyl sites for hydroxylation is 1. The standard InChI is InChI=1S/C35H34ClF3N4O2/c36-30-9-8-27(35(37,38)39)20-29(30)32(44)41-31-10-7-25-5-6-26(19-28(25)31)33(45)43-17-13-34(14-18-43)11-15-42(16-12-34)22-24-3-1-23(21-40)2-4-24/h1-6,8-9,19-20,31H,7,10-18,22H2,(H,41,44). The van der Waals surface area contributed by atoms with Gasteiger partial charge in [0.05, 0.1) is 33.8 Å². The Hall–Kier alpha value is -3.87. The van der Waals surface area contributed by atoms with E-state index in [4.69, 9.17) is 16.9 Å². The monoisotopic (exact) mass is 634 g/mol. The summed E-state index contributed by atoms with van der Waals surface area (Å²) in [5, 5.41) is 11.8. The molecule has 1 atom stereocenters. The number of piperidine rings is 2. The van der Waals surface area contributed by atoms with Gasteiger partial charge in [-0.25, -0.2) is 0 Å². The van der Waals surface area contributed by atoms with Crippen molar-refractivity contribution in [1.29, 1.82) is 5.26 Å². The number of nitrogens with one attached hydrogen (secondary N) is 1. The number of fused-ring (bicyclic) bond motifs is 1. The average Bonchev–Trinajstić information content (AvgIpc) is 3.44. The Morgan fingerprint density at radius 1 is 0.956 bits per heavy atom. The number of hydrogen-bond acceptors (Lipinski definition) is 4. The first-order valence-electron chi connectivity index (χ1n) is 15.3. The van der Waals surface area contributed by atoms with Crippen molar-refractivity contribution in [3.63, 3.8) is 0 Å². The predicted molar refractivity (Wildman–Crippen MR) is 165 cm³/mol. The maximum atomic E-state index is 13.6. The summed E-state index contributed by atoms with van der Waals surface area (Å²) in [7, 11) is 0. The minimum absolute atomic E-state index is 0.0381. The number of nitrogens with zero attached hydrogens (tertiary/aromatic N) is 3. The second-order valence-corrected chi connectivity index (χ2v) is 13.0. The highest BCUT2D eigenvalue weighted by Crippen LogP contribution is 2.42. The zero-order valence-corrected chi connectivity index (χ0v) is 25.6. The van der Waals surface area contributed by atoms with Crippen molar-refractivity contribution < 1.29 is 22.8 Å². The van der Waals surface area contributed by atoms with Gasteiger partial charge in [0.15, 0.2) is 0 Å². The fraction of sp³-hybridized carbons (Fsp3) is 0.400. The van der Waals surface area contributed by atoms with Crippen LogP contribution >= 0.6 is 11.6 Å². The van der Waals surface area contributed by atoms with E-state index in [1.54, 1.807) is 0 Å². The molecule has 6 nitrogen and oxygen atoms in total. The molecule has 3 aromatic carbocycles. The normalized spacial score (nSPS) is 19.6. The van der Waals surface area contributed by atoms with E-state index in [2.05, 4.69) is 16.3 Å². The lowest BCUT2D eigenvalue weighted by Crippen LogP contribution is -2.48. The number of halogens is 4. The molecule has 3 aromatic rings. The van der Waals surface area contributed by atoms with Crippen LogP contribution in [0.2, 0.25) is 5.02 Å². The van der Waals surface area contributed by atoms with Crippen LogP contribution in [0.5, 0.6) is 0 Å². The molecule has 2 fully saturated rings. The minimum atomic E-state index is -4.59. The van der Waals surface area contributed by atoms with Gasteiger partial charge in [0.2, 0.25) is 0 Å². The molecule has 1 N–H and O–H groups in total. The van der Waals surface area contributed by atoms with Crippen LogP contribution in [0.1, 0.15) is 86.7 Å². The molecule has 1 unspecified atom stereocenters. The topological polar surface area (TPSA) is 76.4 Å². The Morgan fingerprint density at radius 2 is 1.64 bits per heavy atom. The predicted octanol–water partition coefficient (Wildman–Crippen LogP) is 7.17. The van der Waals surface area contributed by atoms with Gasteiger partial charge in [-0.2, -0.15) is 18.4 Å². The molecule has 1 aliphatic carbocycles. The number of benzene rings is 3. The van der Waals surface area contributed by atoms with Crippen LogP contribution in [0.15, 0.2) is 60.7 Å². The molecule has 0 aromatic heterocycles. The number of alkyl halides is 3. The molecule has 6 rings (SSSR count). The fourth-order valence-electron chi connectivity index (χ4n) is 6.99. The number of nitriles is 1. The molecular weight excluding hydrogens is 601 g/mol. The number of likely N-dealkylation sites (tertiary alicyclic amines) is 2. The minimum Gasteiger partial charge on any atom is -0.345 e. The smallest absolute Gasteiger partial charge is 0.345 e. The average molecular weight is 635 g/mol. The van der Waals surface area contributed by atoms with E-state index in [0.29, 0.717) is 37.1 Å². The van der Waals surface area contributed by atoms with Crippen molar-refractivity contribution in [3.05, 3.63) is 105 Å². The van der Waals surface area contributed by atoms with Crippen molar-refractivity contribution in [3.8, 4) is 6.07 Å². The van der Waals surface area contributed by atoms with Gasteiger partial charge in [-0.1, -0.05) is 29.8 Å². The number of carbonyl (C=O) groups excluding carboxylic acids is 2. The van der Waals surface area contributed by atoms with Crippen molar-refractivity contribution in [2.24, 2.45) is 5.41 Å². The Balaban J connectivity index is 1.05. The van der Waals surface area contributed by atoms with Crippen molar-refractivity contribution in [2.75, 3.05) is 26.2 Å². The Labute approximate surface area is 265 Å². The highest BCUT2D eigenvalue weighted by molar-refractivity contribution is 6.33. The summed E-state index contributed by atoms with van der Waals surface area (Å²) in [6.45, 7) is 4.29. The molecule has 3 aliphatic rings. The van der Waals surface area contributed by atoms with Crippen LogP contribution in [0, 0.1) is 16.7 Å². The van der Waals surface area contributed by atoms with Gasteiger partial charge >= 0.3 is 6.18 Å². The van der Waals surface area contributed by atoms with E-state index < -0.39 is 23.7 Å². The quantitative estimate of drug-likeness (QED) is 0.323.